The van der Waals surface area contributed by atoms with Crippen molar-refractivity contribution in [2.24, 2.45) is 0 Å². The van der Waals surface area contributed by atoms with E-state index in [4.69, 9.17) is 0 Å². The minimum atomic E-state index is 0.521. The van der Waals surface area contributed by atoms with E-state index < -0.39 is 0 Å². The Hall–Kier alpha value is -1.36. The van der Waals surface area contributed by atoms with Gasteiger partial charge in [0.2, 0.25) is 0 Å². The number of hydrogen-bond acceptors (Lipinski definition) is 3. The van der Waals surface area contributed by atoms with E-state index in [1.54, 1.807) is 0 Å². The fourth-order valence-electron chi connectivity index (χ4n) is 2.36. The lowest BCUT2D eigenvalue weighted by atomic mass is 9.86. The molecule has 1 aliphatic carbocycles. The van der Waals surface area contributed by atoms with Crippen molar-refractivity contribution in [2.45, 2.75) is 24.9 Å². The summed E-state index contributed by atoms with van der Waals surface area (Å²) in [5, 5.41) is 4.34. The van der Waals surface area contributed by atoms with Crippen molar-refractivity contribution in [2.75, 3.05) is 11.9 Å². The standard InChI is InChI=1S/C13H15BrN4/c1-17(13-4-2-3-5-15-13)11-6-12(7-11)18-9-10(14)8-16-18/h2-5,8-9,11-12H,6-7H2,1H3. The van der Waals surface area contributed by atoms with E-state index in [1.807, 2.05) is 35.4 Å². The number of anilines is 1. The predicted molar refractivity (Wildman–Crippen MR) is 74.6 cm³/mol. The maximum atomic E-state index is 4.38. The fraction of sp³-hybridized carbons (Fsp3) is 0.385. The van der Waals surface area contributed by atoms with Crippen LogP contribution in [0.3, 0.4) is 0 Å². The molecule has 5 heteroatoms. The second kappa shape index (κ2) is 4.72. The molecular formula is C13H15BrN4. The van der Waals surface area contributed by atoms with Crippen molar-refractivity contribution in [1.82, 2.24) is 14.8 Å². The van der Waals surface area contributed by atoms with Crippen LogP contribution in [-0.2, 0) is 0 Å². The first-order valence-corrected chi connectivity index (χ1v) is 6.87. The average Bonchev–Trinajstić information content (AvgIpc) is 2.75. The van der Waals surface area contributed by atoms with Gasteiger partial charge >= 0.3 is 0 Å². The summed E-state index contributed by atoms with van der Waals surface area (Å²) in [4.78, 5) is 6.64. The van der Waals surface area contributed by atoms with Crippen molar-refractivity contribution in [3.63, 3.8) is 0 Å². The van der Waals surface area contributed by atoms with E-state index in [9.17, 15) is 0 Å². The molecule has 0 radical (unpaired) electrons. The highest BCUT2D eigenvalue weighted by atomic mass is 79.9. The Balaban J connectivity index is 1.62. The molecule has 0 N–H and O–H groups in total. The molecule has 1 fully saturated rings. The zero-order chi connectivity index (χ0) is 12.5. The van der Waals surface area contributed by atoms with Gasteiger partial charge in [0.05, 0.1) is 16.7 Å². The van der Waals surface area contributed by atoms with Crippen LogP contribution < -0.4 is 4.90 Å². The van der Waals surface area contributed by atoms with Crippen LogP contribution in [0, 0.1) is 0 Å². The second-order valence-corrected chi connectivity index (χ2v) is 5.63. The van der Waals surface area contributed by atoms with E-state index in [1.165, 1.54) is 0 Å². The summed E-state index contributed by atoms with van der Waals surface area (Å²) in [7, 11) is 2.11. The Morgan fingerprint density at radius 1 is 1.39 bits per heavy atom. The zero-order valence-electron chi connectivity index (χ0n) is 10.2. The Kier molecular flexibility index (Phi) is 3.07. The molecule has 0 spiro atoms. The largest absolute Gasteiger partial charge is 0.357 e. The first-order valence-electron chi connectivity index (χ1n) is 6.07. The number of halogens is 1. The van der Waals surface area contributed by atoms with Gasteiger partial charge in [0.25, 0.3) is 0 Å². The van der Waals surface area contributed by atoms with Gasteiger partial charge in [-0.1, -0.05) is 6.07 Å². The van der Waals surface area contributed by atoms with Crippen LogP contribution >= 0.6 is 15.9 Å². The number of rotatable bonds is 3. The van der Waals surface area contributed by atoms with Crippen LogP contribution in [0.1, 0.15) is 18.9 Å². The SMILES string of the molecule is CN(c1ccccn1)C1CC(n2cc(Br)cn2)C1. The molecule has 1 aliphatic rings. The molecule has 2 aromatic rings. The van der Waals surface area contributed by atoms with Gasteiger partial charge in [-0.2, -0.15) is 5.10 Å². The smallest absolute Gasteiger partial charge is 0.128 e. The summed E-state index contributed by atoms with van der Waals surface area (Å²) >= 11 is 3.43. The van der Waals surface area contributed by atoms with Crippen LogP contribution in [0.25, 0.3) is 0 Å². The molecule has 2 aromatic heterocycles. The summed E-state index contributed by atoms with van der Waals surface area (Å²) in [5.74, 6) is 1.04. The van der Waals surface area contributed by atoms with Crippen LogP contribution in [0.2, 0.25) is 0 Å². The minimum absolute atomic E-state index is 0.521. The van der Waals surface area contributed by atoms with Gasteiger partial charge in [0.15, 0.2) is 0 Å². The van der Waals surface area contributed by atoms with Crippen molar-refractivity contribution in [3.8, 4) is 0 Å². The molecule has 2 heterocycles. The average molecular weight is 307 g/mol. The monoisotopic (exact) mass is 306 g/mol. The highest BCUT2D eigenvalue weighted by molar-refractivity contribution is 9.10. The van der Waals surface area contributed by atoms with Gasteiger partial charge in [-0.3, -0.25) is 4.68 Å². The molecule has 0 bridgehead atoms. The molecule has 0 aromatic carbocycles. The molecule has 0 saturated heterocycles. The third kappa shape index (κ3) is 2.14. The van der Waals surface area contributed by atoms with Gasteiger partial charge in [0, 0.05) is 25.5 Å². The molecule has 1 saturated carbocycles. The molecule has 0 amide bonds. The normalized spacial score (nSPS) is 22.6. The number of aromatic nitrogens is 3. The zero-order valence-corrected chi connectivity index (χ0v) is 11.8. The molecule has 94 valence electrons. The summed E-state index contributed by atoms with van der Waals surface area (Å²) < 4.78 is 3.09. The predicted octanol–water partition coefficient (Wildman–Crippen LogP) is 2.88. The Bertz CT molecular complexity index is 519. The molecule has 0 atom stereocenters. The van der Waals surface area contributed by atoms with Crippen LogP contribution in [0.4, 0.5) is 5.82 Å². The van der Waals surface area contributed by atoms with Crippen molar-refractivity contribution < 1.29 is 0 Å². The first-order chi connectivity index (χ1) is 8.74. The maximum Gasteiger partial charge on any atom is 0.128 e. The quantitative estimate of drug-likeness (QED) is 0.874. The van der Waals surface area contributed by atoms with Gasteiger partial charge in [-0.15, -0.1) is 0 Å². The third-order valence-electron chi connectivity index (χ3n) is 3.59. The number of pyridine rings is 1. The second-order valence-electron chi connectivity index (χ2n) is 4.72. The molecule has 4 nitrogen and oxygen atoms in total. The first kappa shape index (κ1) is 11.7. The number of nitrogens with zero attached hydrogens (tertiary/aromatic N) is 4. The topological polar surface area (TPSA) is 34.0 Å². The van der Waals surface area contributed by atoms with E-state index in [-0.39, 0.29) is 0 Å². The Morgan fingerprint density at radius 3 is 2.83 bits per heavy atom. The molecule has 0 aliphatic heterocycles. The Morgan fingerprint density at radius 2 is 2.22 bits per heavy atom. The van der Waals surface area contributed by atoms with Crippen molar-refractivity contribution >= 4 is 21.7 Å². The van der Waals surface area contributed by atoms with E-state index >= 15 is 0 Å². The Labute approximate surface area is 115 Å². The molecule has 0 unspecified atom stereocenters. The van der Waals surface area contributed by atoms with Crippen molar-refractivity contribution in [3.05, 3.63) is 41.3 Å². The summed E-state index contributed by atoms with van der Waals surface area (Å²) in [6.45, 7) is 0. The maximum absolute atomic E-state index is 4.38. The van der Waals surface area contributed by atoms with E-state index in [0.717, 1.165) is 23.1 Å². The van der Waals surface area contributed by atoms with Gasteiger partial charge in [-0.05, 0) is 40.9 Å². The minimum Gasteiger partial charge on any atom is -0.357 e. The van der Waals surface area contributed by atoms with Crippen LogP contribution in [0.15, 0.2) is 41.3 Å². The molecule has 18 heavy (non-hydrogen) atoms. The summed E-state index contributed by atoms with van der Waals surface area (Å²) in [6, 6.07) is 7.11. The fourth-order valence-corrected chi connectivity index (χ4v) is 2.66. The third-order valence-corrected chi connectivity index (χ3v) is 4.00. The van der Waals surface area contributed by atoms with Crippen molar-refractivity contribution in [1.29, 1.82) is 0 Å². The molecular weight excluding hydrogens is 292 g/mol. The van der Waals surface area contributed by atoms with E-state index in [2.05, 4.69) is 44.0 Å². The van der Waals surface area contributed by atoms with Crippen LogP contribution in [0.5, 0.6) is 0 Å². The summed E-state index contributed by atoms with van der Waals surface area (Å²) in [5.41, 5.74) is 0. The van der Waals surface area contributed by atoms with Gasteiger partial charge in [-0.25, -0.2) is 4.98 Å². The van der Waals surface area contributed by atoms with Gasteiger partial charge < -0.3 is 4.90 Å². The highest BCUT2D eigenvalue weighted by Crippen LogP contribution is 2.36. The lowest BCUT2D eigenvalue weighted by Crippen LogP contribution is -2.43. The lowest BCUT2D eigenvalue weighted by Gasteiger charge is -2.41. The number of hydrogen-bond donors (Lipinski definition) is 0. The lowest BCUT2D eigenvalue weighted by molar-refractivity contribution is 0.240. The van der Waals surface area contributed by atoms with Crippen LogP contribution in [-0.4, -0.2) is 27.9 Å². The highest BCUT2D eigenvalue weighted by Gasteiger charge is 2.34. The molecule has 3 rings (SSSR count). The summed E-state index contributed by atoms with van der Waals surface area (Å²) in [6.07, 6.45) is 7.98. The van der Waals surface area contributed by atoms with Gasteiger partial charge in [0.1, 0.15) is 5.82 Å². The van der Waals surface area contributed by atoms with E-state index in [0.29, 0.717) is 12.1 Å².